The van der Waals surface area contributed by atoms with Crippen molar-refractivity contribution >= 4 is 21.7 Å². The standard InChI is InChI=1S/C18H10BrF5N2O2/c19-12-7-9(1-5-13(12)20)2-6-15(27)11-4-3-10(8-14(11)21)16-25-17(28-26-16)18(22,23)24/h1,3-5,7-8H,2,6H2. The molecular weight excluding hydrogens is 451 g/mol. The summed E-state index contributed by atoms with van der Waals surface area (Å²) in [6.45, 7) is 0. The molecule has 4 nitrogen and oxygen atoms in total. The molecular formula is C18H10BrF5N2O2. The Kier molecular flexibility index (Phi) is 5.59. The van der Waals surface area contributed by atoms with Gasteiger partial charge in [0.25, 0.3) is 0 Å². The number of aromatic nitrogens is 2. The number of hydrogen-bond donors (Lipinski definition) is 0. The van der Waals surface area contributed by atoms with Crippen molar-refractivity contribution in [3.63, 3.8) is 0 Å². The number of nitrogens with zero attached hydrogens (tertiary/aromatic N) is 2. The van der Waals surface area contributed by atoms with Crippen molar-refractivity contribution in [2.75, 3.05) is 0 Å². The Labute approximate surface area is 163 Å². The van der Waals surface area contributed by atoms with Crippen molar-refractivity contribution < 1.29 is 31.3 Å². The molecule has 10 heteroatoms. The summed E-state index contributed by atoms with van der Waals surface area (Å²) in [6.07, 6.45) is -4.58. The summed E-state index contributed by atoms with van der Waals surface area (Å²) in [4.78, 5) is 15.4. The largest absolute Gasteiger partial charge is 0.471 e. The monoisotopic (exact) mass is 460 g/mol. The molecule has 3 aromatic rings. The average molecular weight is 461 g/mol. The lowest BCUT2D eigenvalue weighted by atomic mass is 10.0. The van der Waals surface area contributed by atoms with Crippen LogP contribution in [0.1, 0.15) is 28.2 Å². The SMILES string of the molecule is O=C(CCc1ccc(F)c(Br)c1)c1ccc(-c2noc(C(F)(F)F)n2)cc1F. The van der Waals surface area contributed by atoms with Gasteiger partial charge in [-0.25, -0.2) is 8.78 Å². The van der Waals surface area contributed by atoms with E-state index in [1.165, 1.54) is 24.3 Å². The van der Waals surface area contributed by atoms with E-state index in [2.05, 4.69) is 30.6 Å². The second-order valence-electron chi connectivity index (χ2n) is 5.79. The van der Waals surface area contributed by atoms with E-state index in [1.807, 2.05) is 0 Å². The summed E-state index contributed by atoms with van der Waals surface area (Å²) in [5.74, 6) is -3.85. The van der Waals surface area contributed by atoms with Crippen molar-refractivity contribution in [1.29, 1.82) is 0 Å². The quantitative estimate of drug-likeness (QED) is 0.366. The molecule has 0 spiro atoms. The number of carbonyl (C=O) groups excluding carboxylic acids is 1. The Hall–Kier alpha value is -2.62. The summed E-state index contributed by atoms with van der Waals surface area (Å²) < 4.78 is 69.4. The Morgan fingerprint density at radius 3 is 2.43 bits per heavy atom. The third-order valence-corrected chi connectivity index (χ3v) is 4.43. The number of alkyl halides is 3. The number of benzene rings is 2. The third-order valence-electron chi connectivity index (χ3n) is 3.82. The molecule has 0 unspecified atom stereocenters. The van der Waals surface area contributed by atoms with Crippen LogP contribution in [0.5, 0.6) is 0 Å². The number of halogens is 6. The Morgan fingerprint density at radius 1 is 1.07 bits per heavy atom. The van der Waals surface area contributed by atoms with Gasteiger partial charge in [0.15, 0.2) is 5.78 Å². The van der Waals surface area contributed by atoms with E-state index < -0.39 is 35.3 Å². The highest BCUT2D eigenvalue weighted by molar-refractivity contribution is 9.10. The zero-order chi connectivity index (χ0) is 20.5. The van der Waals surface area contributed by atoms with Gasteiger partial charge in [-0.3, -0.25) is 4.79 Å². The summed E-state index contributed by atoms with van der Waals surface area (Å²) in [5, 5.41) is 3.17. The van der Waals surface area contributed by atoms with Crippen LogP contribution >= 0.6 is 15.9 Å². The van der Waals surface area contributed by atoms with Crippen LogP contribution in [0.25, 0.3) is 11.4 Å². The zero-order valence-corrected chi connectivity index (χ0v) is 15.4. The fourth-order valence-corrected chi connectivity index (χ4v) is 2.85. The Bertz CT molecular complexity index is 1030. The van der Waals surface area contributed by atoms with Crippen molar-refractivity contribution in [1.82, 2.24) is 10.1 Å². The number of Topliss-reactive ketones (excluding diaryl/α,β-unsaturated/α-hetero) is 1. The highest BCUT2D eigenvalue weighted by Crippen LogP contribution is 2.30. The number of ketones is 1. The fraction of sp³-hybridized carbons (Fsp3) is 0.167. The lowest BCUT2D eigenvalue weighted by Crippen LogP contribution is -2.05. The molecule has 0 atom stereocenters. The second-order valence-corrected chi connectivity index (χ2v) is 6.64. The van der Waals surface area contributed by atoms with Crippen molar-refractivity contribution in [3.8, 4) is 11.4 Å². The lowest BCUT2D eigenvalue weighted by Gasteiger charge is -2.05. The number of rotatable bonds is 5. The summed E-state index contributed by atoms with van der Waals surface area (Å²) in [5.41, 5.74) is 0.408. The predicted octanol–water partition coefficient (Wildman–Crippen LogP) is 5.61. The van der Waals surface area contributed by atoms with E-state index in [4.69, 9.17) is 0 Å². The van der Waals surface area contributed by atoms with Crippen LogP contribution in [-0.2, 0) is 12.6 Å². The van der Waals surface area contributed by atoms with Gasteiger partial charge in [-0.05, 0) is 52.2 Å². The van der Waals surface area contributed by atoms with Gasteiger partial charge in [-0.2, -0.15) is 18.2 Å². The van der Waals surface area contributed by atoms with Crippen molar-refractivity contribution in [2.24, 2.45) is 0 Å². The minimum Gasteiger partial charge on any atom is -0.329 e. The number of hydrogen-bond acceptors (Lipinski definition) is 4. The number of aryl methyl sites for hydroxylation is 1. The molecule has 0 radical (unpaired) electrons. The molecule has 3 rings (SSSR count). The molecule has 0 N–H and O–H groups in total. The molecule has 0 aliphatic carbocycles. The third kappa shape index (κ3) is 4.44. The van der Waals surface area contributed by atoms with Crippen LogP contribution in [0.3, 0.4) is 0 Å². The van der Waals surface area contributed by atoms with Crippen molar-refractivity contribution in [3.05, 3.63) is 69.5 Å². The molecule has 0 saturated heterocycles. The molecule has 0 bridgehead atoms. The maximum absolute atomic E-state index is 14.3. The molecule has 0 saturated carbocycles. The first-order valence-electron chi connectivity index (χ1n) is 7.83. The van der Waals surface area contributed by atoms with Gasteiger partial charge in [0.2, 0.25) is 5.82 Å². The zero-order valence-electron chi connectivity index (χ0n) is 13.9. The van der Waals surface area contributed by atoms with Crippen LogP contribution < -0.4 is 0 Å². The highest BCUT2D eigenvalue weighted by atomic mass is 79.9. The van der Waals surface area contributed by atoms with Gasteiger partial charge in [0.1, 0.15) is 11.6 Å². The van der Waals surface area contributed by atoms with Gasteiger partial charge in [-0.15, -0.1) is 0 Å². The van der Waals surface area contributed by atoms with Gasteiger partial charge < -0.3 is 4.52 Å². The van der Waals surface area contributed by atoms with E-state index >= 15 is 0 Å². The van der Waals surface area contributed by atoms with E-state index in [0.29, 0.717) is 5.56 Å². The van der Waals surface area contributed by atoms with Crippen LogP contribution in [0, 0.1) is 11.6 Å². The first-order valence-corrected chi connectivity index (χ1v) is 8.62. The smallest absolute Gasteiger partial charge is 0.329 e. The Morgan fingerprint density at radius 2 is 1.82 bits per heavy atom. The average Bonchev–Trinajstić information content (AvgIpc) is 3.13. The molecule has 0 amide bonds. The van der Waals surface area contributed by atoms with Crippen molar-refractivity contribution in [2.45, 2.75) is 19.0 Å². The van der Waals surface area contributed by atoms with Gasteiger partial charge >= 0.3 is 12.1 Å². The second kappa shape index (κ2) is 7.78. The molecule has 1 heterocycles. The van der Waals surface area contributed by atoms with Crippen LogP contribution in [0.15, 0.2) is 45.4 Å². The maximum atomic E-state index is 14.3. The van der Waals surface area contributed by atoms with Gasteiger partial charge in [0.05, 0.1) is 10.0 Å². The molecule has 0 aliphatic rings. The van der Waals surface area contributed by atoms with Crippen LogP contribution in [0.2, 0.25) is 0 Å². The normalized spacial score (nSPS) is 11.6. The first kappa shape index (κ1) is 20.1. The maximum Gasteiger partial charge on any atom is 0.471 e. The summed E-state index contributed by atoms with van der Waals surface area (Å²) in [6, 6.07) is 7.54. The molecule has 1 aromatic heterocycles. The minimum absolute atomic E-state index is 0.0330. The lowest BCUT2D eigenvalue weighted by molar-refractivity contribution is -0.159. The van der Waals surface area contributed by atoms with Gasteiger partial charge in [-0.1, -0.05) is 17.3 Å². The van der Waals surface area contributed by atoms with E-state index in [-0.39, 0.29) is 28.4 Å². The number of carbonyl (C=O) groups is 1. The van der Waals surface area contributed by atoms with E-state index in [9.17, 15) is 26.7 Å². The Balaban J connectivity index is 1.73. The van der Waals surface area contributed by atoms with Crippen LogP contribution in [-0.4, -0.2) is 15.9 Å². The highest BCUT2D eigenvalue weighted by Gasteiger charge is 2.38. The molecule has 0 aliphatic heterocycles. The summed E-state index contributed by atoms with van der Waals surface area (Å²) >= 11 is 3.04. The molecule has 146 valence electrons. The fourth-order valence-electron chi connectivity index (χ4n) is 2.42. The molecule has 0 fully saturated rings. The molecule has 2 aromatic carbocycles. The summed E-state index contributed by atoms with van der Waals surface area (Å²) in [7, 11) is 0. The van der Waals surface area contributed by atoms with Crippen LogP contribution in [0.4, 0.5) is 22.0 Å². The van der Waals surface area contributed by atoms with E-state index in [0.717, 1.165) is 12.1 Å². The van der Waals surface area contributed by atoms with E-state index in [1.54, 1.807) is 0 Å². The predicted molar refractivity (Wildman–Crippen MR) is 91.4 cm³/mol. The van der Waals surface area contributed by atoms with Gasteiger partial charge in [0, 0.05) is 12.0 Å². The minimum atomic E-state index is -4.81. The topological polar surface area (TPSA) is 56.0 Å². The first-order chi connectivity index (χ1) is 13.1. The molecule has 28 heavy (non-hydrogen) atoms.